The van der Waals surface area contributed by atoms with Crippen molar-refractivity contribution in [3.8, 4) is 16.9 Å². The lowest BCUT2D eigenvalue weighted by Gasteiger charge is -2.10. The average molecular weight is 306 g/mol. The van der Waals surface area contributed by atoms with Crippen LogP contribution >= 0.6 is 0 Å². The molecule has 5 heteroatoms. The Hall–Kier alpha value is -2.27. The first kappa shape index (κ1) is 16.1. The largest absolute Gasteiger partial charge is 0.491 e. The fourth-order valence-electron chi connectivity index (χ4n) is 2.00. The van der Waals surface area contributed by atoms with Gasteiger partial charge in [-0.1, -0.05) is 24.3 Å². The summed E-state index contributed by atoms with van der Waals surface area (Å²) in [6, 6.07) is 11.0. The normalized spacial score (nSPS) is 10.7. The highest BCUT2D eigenvalue weighted by Crippen LogP contribution is 2.28. The topological polar surface area (TPSA) is 35.5 Å². The van der Waals surface area contributed by atoms with E-state index in [1.54, 1.807) is 37.4 Å². The van der Waals surface area contributed by atoms with E-state index in [1.165, 1.54) is 12.1 Å². The first-order chi connectivity index (χ1) is 10.6. The van der Waals surface area contributed by atoms with Crippen molar-refractivity contribution in [3.63, 3.8) is 0 Å². The van der Waals surface area contributed by atoms with Crippen molar-refractivity contribution >= 4 is 6.29 Å². The summed E-state index contributed by atoms with van der Waals surface area (Å²) < 4.78 is 35.6. The minimum Gasteiger partial charge on any atom is -0.491 e. The second-order valence-electron chi connectivity index (χ2n) is 4.67. The highest BCUT2D eigenvalue weighted by atomic mass is 19.3. The van der Waals surface area contributed by atoms with Gasteiger partial charge in [-0.2, -0.15) is 0 Å². The molecule has 0 saturated heterocycles. The maximum absolute atomic E-state index is 12.6. The van der Waals surface area contributed by atoms with Gasteiger partial charge in [0.1, 0.15) is 18.6 Å². The van der Waals surface area contributed by atoms with E-state index < -0.39 is 6.43 Å². The van der Waals surface area contributed by atoms with Gasteiger partial charge in [0.25, 0.3) is 6.43 Å². The molecule has 0 aromatic heterocycles. The fraction of sp³-hybridized carbons (Fsp3) is 0.235. The molecule has 0 radical (unpaired) electrons. The summed E-state index contributed by atoms with van der Waals surface area (Å²) in [4.78, 5) is 11.0. The minimum absolute atomic E-state index is 0.0353. The van der Waals surface area contributed by atoms with Crippen LogP contribution in [0.5, 0.6) is 5.75 Å². The molecular weight excluding hydrogens is 290 g/mol. The van der Waals surface area contributed by atoms with Gasteiger partial charge in [0.15, 0.2) is 0 Å². The molecule has 0 fully saturated rings. The van der Waals surface area contributed by atoms with Gasteiger partial charge in [-0.3, -0.25) is 4.79 Å². The fourth-order valence-corrected chi connectivity index (χ4v) is 2.00. The Morgan fingerprint density at radius 1 is 1.05 bits per heavy atom. The molecular formula is C17H16F2O3. The minimum atomic E-state index is -2.50. The zero-order valence-electron chi connectivity index (χ0n) is 12.1. The molecule has 0 bridgehead atoms. The lowest BCUT2D eigenvalue weighted by molar-refractivity contribution is 0.112. The third-order valence-electron chi connectivity index (χ3n) is 3.12. The van der Waals surface area contributed by atoms with Gasteiger partial charge in [0.05, 0.1) is 6.61 Å². The van der Waals surface area contributed by atoms with Crippen LogP contribution in [0.2, 0.25) is 0 Å². The molecule has 0 saturated carbocycles. The number of methoxy groups -OCH3 is 1. The number of benzene rings is 2. The molecule has 2 aromatic rings. The Bertz CT molecular complexity index is 624. The van der Waals surface area contributed by atoms with Crippen LogP contribution in [0.1, 0.15) is 22.3 Å². The maximum Gasteiger partial charge on any atom is 0.263 e. The number of hydrogen-bond donors (Lipinski definition) is 0. The van der Waals surface area contributed by atoms with Gasteiger partial charge in [-0.25, -0.2) is 8.78 Å². The summed E-state index contributed by atoms with van der Waals surface area (Å²) in [5, 5.41) is 0. The van der Waals surface area contributed by atoms with Crippen LogP contribution in [0.15, 0.2) is 42.5 Å². The second-order valence-corrected chi connectivity index (χ2v) is 4.67. The predicted octanol–water partition coefficient (Wildman–Crippen LogP) is 4.13. The van der Waals surface area contributed by atoms with Crippen LogP contribution in [-0.4, -0.2) is 26.6 Å². The Kier molecular flexibility index (Phi) is 5.61. The number of aldehydes is 1. The molecule has 116 valence electrons. The lowest BCUT2D eigenvalue weighted by Crippen LogP contribution is -2.04. The van der Waals surface area contributed by atoms with Gasteiger partial charge in [-0.05, 0) is 29.3 Å². The van der Waals surface area contributed by atoms with Crippen molar-refractivity contribution in [3.05, 3.63) is 53.6 Å². The van der Waals surface area contributed by atoms with E-state index in [0.29, 0.717) is 24.5 Å². The number of ether oxygens (including phenoxy) is 2. The molecule has 0 N–H and O–H groups in total. The van der Waals surface area contributed by atoms with E-state index in [2.05, 4.69) is 0 Å². The number of carbonyl (C=O) groups is 1. The number of hydrogen-bond acceptors (Lipinski definition) is 3. The number of rotatable bonds is 7. The van der Waals surface area contributed by atoms with Crippen molar-refractivity contribution in [2.24, 2.45) is 0 Å². The molecule has 0 aliphatic heterocycles. The van der Waals surface area contributed by atoms with Crippen LogP contribution in [0.4, 0.5) is 8.78 Å². The quantitative estimate of drug-likeness (QED) is 0.570. The van der Waals surface area contributed by atoms with Crippen LogP contribution in [-0.2, 0) is 4.74 Å². The number of halogens is 2. The highest BCUT2D eigenvalue weighted by molar-refractivity contribution is 5.80. The van der Waals surface area contributed by atoms with Crippen LogP contribution in [0.25, 0.3) is 11.1 Å². The molecule has 0 atom stereocenters. The molecule has 2 rings (SSSR count). The Morgan fingerprint density at radius 2 is 1.77 bits per heavy atom. The SMILES string of the molecule is COCCOc1cc(C=O)cc(-c2ccc(C(F)F)cc2)c1. The first-order valence-corrected chi connectivity index (χ1v) is 6.74. The van der Waals surface area contributed by atoms with Gasteiger partial charge in [0, 0.05) is 18.2 Å². The molecule has 0 spiro atoms. The van der Waals surface area contributed by atoms with Crippen molar-refractivity contribution < 1.29 is 23.0 Å². The summed E-state index contributed by atoms with van der Waals surface area (Å²) >= 11 is 0. The molecule has 22 heavy (non-hydrogen) atoms. The second kappa shape index (κ2) is 7.66. The van der Waals surface area contributed by atoms with E-state index in [4.69, 9.17) is 9.47 Å². The average Bonchev–Trinajstić information content (AvgIpc) is 2.55. The van der Waals surface area contributed by atoms with Gasteiger partial charge >= 0.3 is 0 Å². The summed E-state index contributed by atoms with van der Waals surface area (Å²) in [6.07, 6.45) is -1.77. The molecule has 0 aliphatic carbocycles. The van der Waals surface area contributed by atoms with Crippen molar-refractivity contribution in [1.82, 2.24) is 0 Å². The van der Waals surface area contributed by atoms with Crippen LogP contribution in [0.3, 0.4) is 0 Å². The zero-order chi connectivity index (χ0) is 15.9. The smallest absolute Gasteiger partial charge is 0.263 e. The van der Waals surface area contributed by atoms with Gasteiger partial charge in [0.2, 0.25) is 0 Å². The first-order valence-electron chi connectivity index (χ1n) is 6.74. The number of alkyl halides is 2. The molecule has 0 heterocycles. The van der Waals surface area contributed by atoms with Crippen molar-refractivity contribution in [1.29, 1.82) is 0 Å². The van der Waals surface area contributed by atoms with Crippen molar-refractivity contribution in [2.75, 3.05) is 20.3 Å². The summed E-state index contributed by atoms with van der Waals surface area (Å²) in [5.74, 6) is 0.537. The lowest BCUT2D eigenvalue weighted by atomic mass is 10.0. The summed E-state index contributed by atoms with van der Waals surface area (Å²) in [7, 11) is 1.57. The predicted molar refractivity (Wildman–Crippen MR) is 79.6 cm³/mol. The zero-order valence-corrected chi connectivity index (χ0v) is 12.1. The monoisotopic (exact) mass is 306 g/mol. The number of carbonyl (C=O) groups excluding carboxylic acids is 1. The third kappa shape index (κ3) is 4.11. The third-order valence-corrected chi connectivity index (χ3v) is 3.12. The van der Waals surface area contributed by atoms with Gasteiger partial charge in [-0.15, -0.1) is 0 Å². The Morgan fingerprint density at radius 3 is 2.36 bits per heavy atom. The van der Waals surface area contributed by atoms with Crippen LogP contribution < -0.4 is 4.74 Å². The Balaban J connectivity index is 2.28. The van der Waals surface area contributed by atoms with E-state index in [0.717, 1.165) is 17.4 Å². The standard InChI is InChI=1S/C17H16F2O3/c1-21-6-7-22-16-9-12(11-20)8-15(10-16)13-2-4-14(5-3-13)17(18)19/h2-5,8-11,17H,6-7H2,1H3. The van der Waals surface area contributed by atoms with E-state index in [-0.39, 0.29) is 5.56 Å². The highest BCUT2D eigenvalue weighted by Gasteiger charge is 2.08. The summed E-state index contributed by atoms with van der Waals surface area (Å²) in [5.41, 5.74) is 1.90. The maximum atomic E-state index is 12.6. The molecule has 0 unspecified atom stereocenters. The molecule has 0 amide bonds. The Labute approximate surface area is 127 Å². The molecule has 3 nitrogen and oxygen atoms in total. The summed E-state index contributed by atoms with van der Waals surface area (Å²) in [6.45, 7) is 0.798. The molecule has 2 aromatic carbocycles. The van der Waals surface area contributed by atoms with Crippen LogP contribution in [0, 0.1) is 0 Å². The van der Waals surface area contributed by atoms with E-state index >= 15 is 0 Å². The van der Waals surface area contributed by atoms with E-state index in [9.17, 15) is 13.6 Å². The van der Waals surface area contributed by atoms with E-state index in [1.807, 2.05) is 0 Å². The van der Waals surface area contributed by atoms with Gasteiger partial charge < -0.3 is 9.47 Å². The van der Waals surface area contributed by atoms with Crippen molar-refractivity contribution in [2.45, 2.75) is 6.43 Å². The molecule has 0 aliphatic rings.